The van der Waals surface area contributed by atoms with E-state index in [1.54, 1.807) is 20.4 Å². The molecule has 2 aliphatic rings. The van der Waals surface area contributed by atoms with E-state index in [1.807, 2.05) is 65.8 Å². The lowest BCUT2D eigenvalue weighted by Gasteiger charge is -2.38. The number of hydrogen-bond donors (Lipinski definition) is 0. The van der Waals surface area contributed by atoms with Gasteiger partial charge in [0.2, 0.25) is 6.23 Å². The number of hydrazone groups is 1. The van der Waals surface area contributed by atoms with Crippen LogP contribution in [0.2, 0.25) is 0 Å². The van der Waals surface area contributed by atoms with E-state index in [0.29, 0.717) is 0 Å². The number of nitrogens with zero attached hydrogens (tertiary/aromatic N) is 3. The summed E-state index contributed by atoms with van der Waals surface area (Å²) in [4.78, 5) is 4.26. The van der Waals surface area contributed by atoms with E-state index in [-0.39, 0.29) is 12.3 Å². The molecule has 6 nitrogen and oxygen atoms in total. The Labute approximate surface area is 169 Å². The highest BCUT2D eigenvalue weighted by Crippen LogP contribution is 2.48. The third-order valence-corrected chi connectivity index (χ3v) is 5.39. The van der Waals surface area contributed by atoms with Crippen molar-refractivity contribution < 1.29 is 14.2 Å². The number of rotatable bonds is 4. The number of aromatic nitrogens is 1. The fourth-order valence-electron chi connectivity index (χ4n) is 3.89. The monoisotopic (exact) mass is 387 g/mol. The second-order valence-electron chi connectivity index (χ2n) is 7.04. The summed E-state index contributed by atoms with van der Waals surface area (Å²) in [5, 5.41) is 7.00. The molecule has 2 atom stereocenters. The van der Waals surface area contributed by atoms with E-state index in [2.05, 4.69) is 4.98 Å². The molecule has 2 aromatic carbocycles. The van der Waals surface area contributed by atoms with Crippen LogP contribution in [0.3, 0.4) is 0 Å². The van der Waals surface area contributed by atoms with Crippen LogP contribution in [0.15, 0.2) is 72.1 Å². The summed E-state index contributed by atoms with van der Waals surface area (Å²) in [6, 6.07) is 17.9. The van der Waals surface area contributed by atoms with Crippen LogP contribution in [0.25, 0.3) is 0 Å². The molecule has 0 aliphatic carbocycles. The van der Waals surface area contributed by atoms with E-state index < -0.39 is 0 Å². The second kappa shape index (κ2) is 7.13. The van der Waals surface area contributed by atoms with Gasteiger partial charge in [-0.3, -0.25) is 4.98 Å². The summed E-state index contributed by atoms with van der Waals surface area (Å²) in [7, 11) is 3.35. The van der Waals surface area contributed by atoms with Gasteiger partial charge in [0.25, 0.3) is 0 Å². The predicted octanol–water partition coefficient (Wildman–Crippen LogP) is 4.34. The Morgan fingerprint density at radius 2 is 1.79 bits per heavy atom. The minimum atomic E-state index is -0.328. The SMILES string of the molecule is COc1ccc(C2=NN3[C@@H](C2)c2cc(OC)ccc2O[C@H]3c2cccnc2)cc1. The summed E-state index contributed by atoms with van der Waals surface area (Å²) < 4.78 is 17.1. The van der Waals surface area contributed by atoms with E-state index in [1.165, 1.54) is 0 Å². The van der Waals surface area contributed by atoms with E-state index in [4.69, 9.17) is 19.3 Å². The Hall–Kier alpha value is -3.54. The van der Waals surface area contributed by atoms with Gasteiger partial charge in [0.15, 0.2) is 0 Å². The van der Waals surface area contributed by atoms with Crippen LogP contribution >= 0.6 is 0 Å². The predicted molar refractivity (Wildman–Crippen MR) is 109 cm³/mol. The molecule has 29 heavy (non-hydrogen) atoms. The van der Waals surface area contributed by atoms with Crippen LogP contribution in [-0.2, 0) is 0 Å². The van der Waals surface area contributed by atoms with E-state index in [9.17, 15) is 0 Å². The molecule has 146 valence electrons. The Morgan fingerprint density at radius 3 is 2.52 bits per heavy atom. The highest BCUT2D eigenvalue weighted by molar-refractivity contribution is 6.02. The second-order valence-corrected chi connectivity index (χ2v) is 7.04. The van der Waals surface area contributed by atoms with Gasteiger partial charge in [-0.15, -0.1) is 0 Å². The first-order valence-electron chi connectivity index (χ1n) is 9.51. The molecule has 3 heterocycles. The minimum absolute atomic E-state index is 0.0659. The van der Waals surface area contributed by atoms with Crippen molar-refractivity contribution in [3.63, 3.8) is 0 Å². The highest BCUT2D eigenvalue weighted by Gasteiger charge is 2.41. The third kappa shape index (κ3) is 3.06. The quantitative estimate of drug-likeness (QED) is 0.667. The maximum atomic E-state index is 6.36. The molecular formula is C23H21N3O3. The van der Waals surface area contributed by atoms with Gasteiger partial charge in [-0.1, -0.05) is 6.07 Å². The zero-order valence-corrected chi connectivity index (χ0v) is 16.3. The molecular weight excluding hydrogens is 366 g/mol. The number of hydrogen-bond acceptors (Lipinski definition) is 6. The highest BCUT2D eigenvalue weighted by atomic mass is 16.5. The number of fused-ring (bicyclic) bond motifs is 3. The fourth-order valence-corrected chi connectivity index (χ4v) is 3.89. The molecule has 0 saturated carbocycles. The van der Waals surface area contributed by atoms with Crippen molar-refractivity contribution >= 4 is 5.71 Å². The van der Waals surface area contributed by atoms with Gasteiger partial charge in [0, 0.05) is 29.9 Å². The fraction of sp³-hybridized carbons (Fsp3) is 0.217. The average molecular weight is 387 g/mol. The van der Waals surface area contributed by atoms with Crippen LogP contribution in [0.5, 0.6) is 17.2 Å². The van der Waals surface area contributed by atoms with Crippen LogP contribution in [-0.4, -0.2) is 29.9 Å². The third-order valence-electron chi connectivity index (χ3n) is 5.39. The Balaban J connectivity index is 1.57. The maximum Gasteiger partial charge on any atom is 0.215 e. The average Bonchev–Trinajstić information content (AvgIpc) is 3.24. The molecule has 0 unspecified atom stereocenters. The summed E-state index contributed by atoms with van der Waals surface area (Å²) >= 11 is 0. The molecule has 6 heteroatoms. The van der Waals surface area contributed by atoms with Crippen molar-refractivity contribution in [1.29, 1.82) is 0 Å². The summed E-state index contributed by atoms with van der Waals surface area (Å²) in [6.07, 6.45) is 4.05. The smallest absolute Gasteiger partial charge is 0.215 e. The lowest BCUT2D eigenvalue weighted by atomic mass is 9.95. The molecule has 0 bridgehead atoms. The number of benzene rings is 2. The minimum Gasteiger partial charge on any atom is -0.497 e. The molecule has 0 N–H and O–H groups in total. The van der Waals surface area contributed by atoms with Crippen molar-refractivity contribution in [1.82, 2.24) is 9.99 Å². The molecule has 0 amide bonds. The molecule has 5 rings (SSSR count). The largest absolute Gasteiger partial charge is 0.497 e. The number of pyridine rings is 1. The van der Waals surface area contributed by atoms with Crippen LogP contribution in [0.4, 0.5) is 0 Å². The number of ether oxygens (including phenoxy) is 3. The number of methoxy groups -OCH3 is 2. The molecule has 0 saturated heterocycles. The van der Waals surface area contributed by atoms with Crippen LogP contribution in [0, 0.1) is 0 Å². The maximum absolute atomic E-state index is 6.36. The van der Waals surface area contributed by atoms with Gasteiger partial charge in [0.05, 0.1) is 26.0 Å². The van der Waals surface area contributed by atoms with Crippen molar-refractivity contribution in [2.24, 2.45) is 5.10 Å². The summed E-state index contributed by atoms with van der Waals surface area (Å²) in [5.41, 5.74) is 4.15. The first kappa shape index (κ1) is 17.6. The van der Waals surface area contributed by atoms with Gasteiger partial charge < -0.3 is 14.2 Å². The van der Waals surface area contributed by atoms with Crippen molar-refractivity contribution in [3.8, 4) is 17.2 Å². The van der Waals surface area contributed by atoms with Crippen LogP contribution in [0.1, 0.15) is 35.4 Å². The molecule has 2 aliphatic heterocycles. The van der Waals surface area contributed by atoms with Crippen molar-refractivity contribution in [3.05, 3.63) is 83.7 Å². The topological polar surface area (TPSA) is 56.2 Å². The summed E-state index contributed by atoms with van der Waals surface area (Å²) in [5.74, 6) is 2.49. The molecule has 1 aromatic heterocycles. The summed E-state index contributed by atoms with van der Waals surface area (Å²) in [6.45, 7) is 0. The lowest BCUT2D eigenvalue weighted by Crippen LogP contribution is -2.33. The molecule has 0 fully saturated rings. The van der Waals surface area contributed by atoms with Gasteiger partial charge in [-0.25, -0.2) is 5.01 Å². The zero-order chi connectivity index (χ0) is 19.8. The Morgan fingerprint density at radius 1 is 1.00 bits per heavy atom. The van der Waals surface area contributed by atoms with Crippen molar-refractivity contribution in [2.75, 3.05) is 14.2 Å². The standard InChI is InChI=1S/C23H21N3O3/c1-27-17-7-5-15(6-8-17)20-13-21-19-12-18(28-2)9-10-22(19)29-23(26(21)25-20)16-4-3-11-24-14-16/h3-12,14,21,23H,13H2,1-2H3/t21-,23-/m0/s1. The van der Waals surface area contributed by atoms with E-state index >= 15 is 0 Å². The van der Waals surface area contributed by atoms with Gasteiger partial charge in [0.1, 0.15) is 17.2 Å². The molecule has 0 radical (unpaired) electrons. The normalized spacial score (nSPS) is 19.7. The van der Waals surface area contributed by atoms with Gasteiger partial charge in [-0.05, 0) is 54.1 Å². The van der Waals surface area contributed by atoms with Gasteiger partial charge in [-0.2, -0.15) is 5.10 Å². The first-order chi connectivity index (χ1) is 14.3. The molecule has 0 spiro atoms. The van der Waals surface area contributed by atoms with Gasteiger partial charge >= 0.3 is 0 Å². The lowest BCUT2D eigenvalue weighted by molar-refractivity contribution is -0.0193. The zero-order valence-electron chi connectivity index (χ0n) is 16.3. The first-order valence-corrected chi connectivity index (χ1v) is 9.51. The van der Waals surface area contributed by atoms with Crippen molar-refractivity contribution in [2.45, 2.75) is 18.7 Å². The van der Waals surface area contributed by atoms with Crippen LogP contribution < -0.4 is 14.2 Å². The Bertz CT molecular complexity index is 1050. The molecule has 3 aromatic rings. The Kier molecular flexibility index (Phi) is 4.31. The van der Waals surface area contributed by atoms with E-state index in [0.717, 1.165) is 46.1 Å².